The minimum Gasteiger partial charge on any atom is -0.487 e. The van der Waals surface area contributed by atoms with Gasteiger partial charge in [-0.2, -0.15) is 4.31 Å². The Balaban J connectivity index is 1.68. The smallest absolute Gasteiger partial charge is 0.247 e. The van der Waals surface area contributed by atoms with E-state index in [1.165, 1.54) is 9.87 Å². The second kappa shape index (κ2) is 12.0. The summed E-state index contributed by atoms with van der Waals surface area (Å²) in [7, 11) is -1.81. The minimum atomic E-state index is -3.86. The summed E-state index contributed by atoms with van der Waals surface area (Å²) >= 11 is 0. The zero-order chi connectivity index (χ0) is 26.4. The van der Waals surface area contributed by atoms with Crippen LogP contribution in [0.5, 0.6) is 5.75 Å². The van der Waals surface area contributed by atoms with E-state index in [4.69, 9.17) is 4.74 Å². The van der Waals surface area contributed by atoms with E-state index in [1.807, 2.05) is 74.7 Å². The lowest BCUT2D eigenvalue weighted by atomic mass is 10.0. The summed E-state index contributed by atoms with van der Waals surface area (Å²) in [6.07, 6.45) is 3.70. The van der Waals surface area contributed by atoms with Crippen molar-refractivity contribution in [1.82, 2.24) is 9.21 Å². The number of benzene rings is 3. The van der Waals surface area contributed by atoms with Crippen LogP contribution in [0.15, 0.2) is 83.8 Å². The molecule has 3 aromatic carbocycles. The molecule has 37 heavy (non-hydrogen) atoms. The van der Waals surface area contributed by atoms with E-state index >= 15 is 0 Å². The van der Waals surface area contributed by atoms with Gasteiger partial charge < -0.3 is 9.84 Å². The first-order chi connectivity index (χ1) is 17.8. The fourth-order valence-electron chi connectivity index (χ4n) is 4.59. The van der Waals surface area contributed by atoms with E-state index in [-0.39, 0.29) is 30.1 Å². The molecule has 0 fully saturated rings. The van der Waals surface area contributed by atoms with Crippen molar-refractivity contribution in [3.63, 3.8) is 0 Å². The molecule has 0 saturated heterocycles. The Morgan fingerprint density at radius 2 is 1.68 bits per heavy atom. The monoisotopic (exact) mass is 520 g/mol. The van der Waals surface area contributed by atoms with Gasteiger partial charge in [-0.15, -0.1) is 0 Å². The van der Waals surface area contributed by atoms with E-state index in [0.717, 1.165) is 17.7 Å². The SMILES string of the molecule is C[C@@H]1CN([C@@H](C)CO)S(=O)(=O)c2ccc(C=Cc3ccccc3)cc2O[C@H]1CN(C)Cc1ccccc1. The number of likely N-dealkylation sites (N-methyl/N-ethyl adjacent to an activating group) is 1. The molecular weight excluding hydrogens is 484 g/mol. The van der Waals surface area contributed by atoms with Crippen LogP contribution < -0.4 is 4.74 Å². The van der Waals surface area contributed by atoms with Gasteiger partial charge in [-0.3, -0.25) is 4.90 Å². The summed E-state index contributed by atoms with van der Waals surface area (Å²) in [4.78, 5) is 2.33. The van der Waals surface area contributed by atoms with Gasteiger partial charge in [0, 0.05) is 31.6 Å². The first-order valence-corrected chi connectivity index (χ1v) is 14.1. The van der Waals surface area contributed by atoms with E-state index in [9.17, 15) is 13.5 Å². The number of aliphatic hydroxyl groups is 1. The van der Waals surface area contributed by atoms with Crippen molar-refractivity contribution < 1.29 is 18.3 Å². The third-order valence-electron chi connectivity index (χ3n) is 6.75. The molecule has 1 heterocycles. The fraction of sp³-hybridized carbons (Fsp3) is 0.333. The van der Waals surface area contributed by atoms with Crippen LogP contribution in [-0.2, 0) is 16.6 Å². The predicted octanol–water partition coefficient (Wildman–Crippen LogP) is 4.76. The van der Waals surface area contributed by atoms with Crippen molar-refractivity contribution in [2.75, 3.05) is 26.7 Å². The molecule has 1 aliphatic rings. The molecule has 3 aromatic rings. The highest BCUT2D eigenvalue weighted by molar-refractivity contribution is 7.89. The van der Waals surface area contributed by atoms with Crippen molar-refractivity contribution in [1.29, 1.82) is 0 Å². The van der Waals surface area contributed by atoms with Gasteiger partial charge in [0.25, 0.3) is 0 Å². The van der Waals surface area contributed by atoms with E-state index < -0.39 is 16.1 Å². The van der Waals surface area contributed by atoms with Gasteiger partial charge in [0.05, 0.1) is 6.61 Å². The molecule has 0 radical (unpaired) electrons. The molecule has 0 unspecified atom stereocenters. The van der Waals surface area contributed by atoms with Crippen LogP contribution in [0.2, 0.25) is 0 Å². The normalized spacial score (nSPS) is 20.7. The zero-order valence-electron chi connectivity index (χ0n) is 21.7. The van der Waals surface area contributed by atoms with Crippen LogP contribution in [0.3, 0.4) is 0 Å². The topological polar surface area (TPSA) is 70.1 Å². The number of rotatable bonds is 8. The fourth-order valence-corrected chi connectivity index (χ4v) is 6.41. The molecule has 0 amide bonds. The van der Waals surface area contributed by atoms with E-state index in [1.54, 1.807) is 25.1 Å². The molecule has 0 aliphatic carbocycles. The maximum atomic E-state index is 13.7. The summed E-state index contributed by atoms with van der Waals surface area (Å²) in [5.41, 5.74) is 3.11. The molecule has 196 valence electrons. The van der Waals surface area contributed by atoms with Gasteiger partial charge in [0.2, 0.25) is 10.0 Å². The maximum Gasteiger partial charge on any atom is 0.247 e. The molecule has 6 nitrogen and oxygen atoms in total. The zero-order valence-corrected chi connectivity index (χ0v) is 22.5. The average molecular weight is 521 g/mol. The summed E-state index contributed by atoms with van der Waals surface area (Å²) in [5.74, 6) is 0.244. The van der Waals surface area contributed by atoms with Crippen molar-refractivity contribution in [3.8, 4) is 5.75 Å². The van der Waals surface area contributed by atoms with E-state index in [2.05, 4.69) is 17.0 Å². The largest absolute Gasteiger partial charge is 0.487 e. The number of nitrogens with zero attached hydrogens (tertiary/aromatic N) is 2. The van der Waals surface area contributed by atoms with Crippen LogP contribution in [0.1, 0.15) is 30.5 Å². The molecule has 0 saturated carbocycles. The Morgan fingerprint density at radius 3 is 2.35 bits per heavy atom. The van der Waals surface area contributed by atoms with Crippen LogP contribution in [-0.4, -0.2) is 61.6 Å². The molecule has 4 rings (SSSR count). The summed E-state index contributed by atoms with van der Waals surface area (Å²) < 4.78 is 35.3. The van der Waals surface area contributed by atoms with Crippen LogP contribution in [0, 0.1) is 5.92 Å². The minimum absolute atomic E-state index is 0.0985. The van der Waals surface area contributed by atoms with Crippen molar-refractivity contribution in [2.45, 2.75) is 37.4 Å². The molecule has 0 spiro atoms. The number of sulfonamides is 1. The number of hydrogen-bond acceptors (Lipinski definition) is 5. The highest BCUT2D eigenvalue weighted by Crippen LogP contribution is 2.34. The highest BCUT2D eigenvalue weighted by Gasteiger charge is 2.38. The molecular formula is C30H36N2O4S. The highest BCUT2D eigenvalue weighted by atomic mass is 32.2. The number of ether oxygens (including phenoxy) is 1. The lowest BCUT2D eigenvalue weighted by molar-refractivity contribution is 0.0733. The molecule has 1 aliphatic heterocycles. The summed E-state index contributed by atoms with van der Waals surface area (Å²) in [5, 5.41) is 9.86. The van der Waals surface area contributed by atoms with Crippen molar-refractivity contribution >= 4 is 22.2 Å². The quantitative estimate of drug-likeness (QED) is 0.434. The van der Waals surface area contributed by atoms with Crippen LogP contribution in [0.25, 0.3) is 12.2 Å². The third-order valence-corrected chi connectivity index (χ3v) is 8.77. The maximum absolute atomic E-state index is 13.7. The van der Waals surface area contributed by atoms with Crippen LogP contribution >= 0.6 is 0 Å². The van der Waals surface area contributed by atoms with Crippen molar-refractivity contribution in [2.24, 2.45) is 5.92 Å². The Kier molecular flexibility index (Phi) is 8.82. The van der Waals surface area contributed by atoms with Crippen LogP contribution in [0.4, 0.5) is 0 Å². The average Bonchev–Trinajstić information content (AvgIpc) is 2.90. The van der Waals surface area contributed by atoms with Gasteiger partial charge >= 0.3 is 0 Å². The Bertz CT molecular complexity index is 1300. The van der Waals surface area contributed by atoms with Gasteiger partial charge in [-0.25, -0.2) is 8.42 Å². The Morgan fingerprint density at radius 1 is 1.03 bits per heavy atom. The number of fused-ring (bicyclic) bond motifs is 1. The molecule has 1 N–H and O–H groups in total. The second-order valence-electron chi connectivity index (χ2n) is 9.87. The Labute approximate surface area is 220 Å². The number of hydrogen-bond donors (Lipinski definition) is 1. The molecule has 7 heteroatoms. The third kappa shape index (κ3) is 6.67. The van der Waals surface area contributed by atoms with E-state index in [0.29, 0.717) is 12.3 Å². The molecule has 3 atom stereocenters. The Hall–Kier alpha value is -2.97. The van der Waals surface area contributed by atoms with Gasteiger partial charge in [0.15, 0.2) is 0 Å². The second-order valence-corrected chi connectivity index (χ2v) is 11.7. The molecule has 0 bridgehead atoms. The standard InChI is InChI=1S/C30H36N2O4S/c1-23-19-32(24(2)22-33)37(34,35)30-17-16-26(15-14-25-10-6-4-7-11-25)18-28(30)36-29(23)21-31(3)20-27-12-8-5-9-13-27/h4-18,23-24,29,33H,19-22H2,1-3H3/t23-,24+,29+/m1/s1. The predicted molar refractivity (Wildman–Crippen MR) is 149 cm³/mol. The first kappa shape index (κ1) is 27.1. The first-order valence-electron chi connectivity index (χ1n) is 12.7. The van der Waals surface area contributed by atoms with Gasteiger partial charge in [-0.05, 0) is 42.8 Å². The van der Waals surface area contributed by atoms with Crippen molar-refractivity contribution in [3.05, 3.63) is 95.6 Å². The summed E-state index contributed by atoms with van der Waals surface area (Å²) in [6.45, 7) is 5.15. The number of aliphatic hydroxyl groups excluding tert-OH is 1. The summed E-state index contributed by atoms with van der Waals surface area (Å²) in [6, 6.07) is 24.9. The van der Waals surface area contributed by atoms with Gasteiger partial charge in [0.1, 0.15) is 16.7 Å². The lowest BCUT2D eigenvalue weighted by Gasteiger charge is -2.37. The molecule has 0 aromatic heterocycles. The van der Waals surface area contributed by atoms with Gasteiger partial charge in [-0.1, -0.05) is 85.8 Å². The lowest BCUT2D eigenvalue weighted by Crippen LogP contribution is -2.49.